The topological polar surface area (TPSA) is 52.1 Å². The second kappa shape index (κ2) is 12.0. The molecule has 3 rings (SSSR count). The fourth-order valence-corrected chi connectivity index (χ4v) is 4.03. The number of benzene rings is 1. The van der Waals surface area contributed by atoms with Gasteiger partial charge in [0.05, 0.1) is 25.8 Å². The number of likely N-dealkylation sites (tertiary alicyclic amines) is 1. The molecule has 28 heavy (non-hydrogen) atoms. The number of nitrogens with zero attached hydrogens (tertiary/aromatic N) is 3. The molecule has 1 aromatic rings. The number of morpholine rings is 1. The molecule has 1 aromatic carbocycles. The van der Waals surface area contributed by atoms with Gasteiger partial charge < -0.3 is 20.3 Å². The Kier molecular flexibility index (Phi) is 9.07. The predicted octanol–water partition coefficient (Wildman–Crippen LogP) is 2.10. The molecule has 0 radical (unpaired) electrons. The molecular weight excluding hydrogens is 350 g/mol. The second-order valence-electron chi connectivity index (χ2n) is 7.62. The van der Waals surface area contributed by atoms with Crippen molar-refractivity contribution in [2.24, 2.45) is 4.99 Å². The van der Waals surface area contributed by atoms with Crippen LogP contribution in [0.2, 0.25) is 0 Å². The molecule has 2 fully saturated rings. The van der Waals surface area contributed by atoms with Crippen molar-refractivity contribution in [3.05, 3.63) is 35.9 Å². The highest BCUT2D eigenvalue weighted by molar-refractivity contribution is 5.79. The summed E-state index contributed by atoms with van der Waals surface area (Å²) in [5.74, 6) is 0.925. The molecule has 2 aliphatic rings. The van der Waals surface area contributed by atoms with Crippen molar-refractivity contribution >= 4 is 5.96 Å². The van der Waals surface area contributed by atoms with E-state index in [-0.39, 0.29) is 0 Å². The van der Waals surface area contributed by atoms with Crippen molar-refractivity contribution in [1.29, 1.82) is 0 Å². The van der Waals surface area contributed by atoms with E-state index in [1.807, 2.05) is 0 Å². The quantitative estimate of drug-likeness (QED) is 0.529. The first kappa shape index (κ1) is 21.1. The smallest absolute Gasteiger partial charge is 0.191 e. The Balaban J connectivity index is 1.58. The third kappa shape index (κ3) is 6.76. The van der Waals surface area contributed by atoms with Gasteiger partial charge in [-0.25, -0.2) is 0 Å². The molecule has 1 unspecified atom stereocenters. The number of nitrogens with one attached hydrogen (secondary N) is 2. The van der Waals surface area contributed by atoms with E-state index in [2.05, 4.69) is 57.7 Å². The molecule has 6 heteroatoms. The average molecular weight is 388 g/mol. The highest BCUT2D eigenvalue weighted by atomic mass is 16.5. The van der Waals surface area contributed by atoms with Crippen LogP contribution in [0, 0.1) is 0 Å². The number of guanidine groups is 1. The summed E-state index contributed by atoms with van der Waals surface area (Å²) in [6.45, 7) is 11.8. The van der Waals surface area contributed by atoms with Gasteiger partial charge in [0.25, 0.3) is 0 Å². The van der Waals surface area contributed by atoms with E-state index >= 15 is 0 Å². The average Bonchev–Trinajstić information content (AvgIpc) is 2.76. The SMILES string of the molecule is CCNC(=NCC(c1ccccc1)N1CCOCC1)NCCN1CCCCC1. The van der Waals surface area contributed by atoms with Gasteiger partial charge in [0.15, 0.2) is 5.96 Å². The Morgan fingerprint density at radius 3 is 2.50 bits per heavy atom. The third-order valence-corrected chi connectivity index (χ3v) is 5.61. The maximum Gasteiger partial charge on any atom is 0.191 e. The molecule has 0 aromatic heterocycles. The van der Waals surface area contributed by atoms with Crippen LogP contribution in [0.4, 0.5) is 0 Å². The summed E-state index contributed by atoms with van der Waals surface area (Å²) in [4.78, 5) is 10.00. The molecule has 2 saturated heterocycles. The van der Waals surface area contributed by atoms with Crippen LogP contribution < -0.4 is 10.6 Å². The van der Waals surface area contributed by atoms with Gasteiger partial charge in [-0.3, -0.25) is 9.89 Å². The van der Waals surface area contributed by atoms with E-state index < -0.39 is 0 Å². The van der Waals surface area contributed by atoms with Gasteiger partial charge in [0.1, 0.15) is 0 Å². The molecule has 0 bridgehead atoms. The van der Waals surface area contributed by atoms with Crippen molar-refractivity contribution in [1.82, 2.24) is 20.4 Å². The normalized spacial score (nSPS) is 20.7. The Labute approximate surface area is 170 Å². The molecule has 2 heterocycles. The molecule has 0 saturated carbocycles. The number of aliphatic imine (C=N–C) groups is 1. The molecule has 2 N–H and O–H groups in total. The fourth-order valence-electron chi connectivity index (χ4n) is 4.03. The summed E-state index contributed by atoms with van der Waals surface area (Å²) in [5.41, 5.74) is 1.33. The first-order chi connectivity index (χ1) is 13.9. The first-order valence-corrected chi connectivity index (χ1v) is 11.0. The van der Waals surface area contributed by atoms with Crippen LogP contribution in [0.5, 0.6) is 0 Å². The van der Waals surface area contributed by atoms with Crippen LogP contribution in [0.1, 0.15) is 37.8 Å². The van der Waals surface area contributed by atoms with E-state index in [0.29, 0.717) is 6.04 Å². The second-order valence-corrected chi connectivity index (χ2v) is 7.62. The van der Waals surface area contributed by atoms with Gasteiger partial charge in [0.2, 0.25) is 0 Å². The van der Waals surface area contributed by atoms with Crippen molar-refractivity contribution in [2.45, 2.75) is 32.2 Å². The molecular formula is C22H37N5O. The van der Waals surface area contributed by atoms with Crippen LogP contribution >= 0.6 is 0 Å². The minimum Gasteiger partial charge on any atom is -0.379 e. The van der Waals surface area contributed by atoms with Gasteiger partial charge >= 0.3 is 0 Å². The lowest BCUT2D eigenvalue weighted by Crippen LogP contribution is -2.44. The van der Waals surface area contributed by atoms with E-state index in [9.17, 15) is 0 Å². The van der Waals surface area contributed by atoms with E-state index in [1.165, 1.54) is 37.9 Å². The lowest BCUT2D eigenvalue weighted by Gasteiger charge is -2.34. The summed E-state index contributed by atoms with van der Waals surface area (Å²) < 4.78 is 5.55. The highest BCUT2D eigenvalue weighted by Crippen LogP contribution is 2.22. The van der Waals surface area contributed by atoms with Gasteiger partial charge in [0, 0.05) is 32.7 Å². The fraction of sp³-hybridized carbons (Fsp3) is 0.682. The molecule has 0 spiro atoms. The molecule has 0 amide bonds. The zero-order chi connectivity index (χ0) is 19.4. The Morgan fingerprint density at radius 2 is 1.79 bits per heavy atom. The maximum absolute atomic E-state index is 5.55. The van der Waals surface area contributed by atoms with Crippen molar-refractivity contribution in [2.75, 3.05) is 65.6 Å². The van der Waals surface area contributed by atoms with Gasteiger partial charge in [-0.1, -0.05) is 36.8 Å². The van der Waals surface area contributed by atoms with Crippen molar-refractivity contribution < 1.29 is 4.74 Å². The van der Waals surface area contributed by atoms with Crippen LogP contribution in [0.15, 0.2) is 35.3 Å². The summed E-state index contributed by atoms with van der Waals surface area (Å²) >= 11 is 0. The third-order valence-electron chi connectivity index (χ3n) is 5.61. The number of hydrogen-bond donors (Lipinski definition) is 2. The van der Waals surface area contributed by atoms with E-state index in [0.717, 1.165) is 58.4 Å². The Hall–Kier alpha value is -1.63. The lowest BCUT2D eigenvalue weighted by molar-refractivity contribution is 0.0179. The first-order valence-electron chi connectivity index (χ1n) is 11.0. The monoisotopic (exact) mass is 387 g/mol. The Bertz CT molecular complexity index is 568. The highest BCUT2D eigenvalue weighted by Gasteiger charge is 2.22. The Morgan fingerprint density at radius 1 is 1.04 bits per heavy atom. The molecule has 0 aliphatic carbocycles. The maximum atomic E-state index is 5.55. The standard InChI is InChI=1S/C22H37N5O/c1-2-23-22(24-11-14-26-12-7-4-8-13-26)25-19-21(20-9-5-3-6-10-20)27-15-17-28-18-16-27/h3,5-6,9-10,21H,2,4,7-8,11-19H2,1H3,(H2,23,24,25). The van der Waals surface area contributed by atoms with Crippen LogP contribution in [0.3, 0.4) is 0 Å². The summed E-state index contributed by atoms with van der Waals surface area (Å²) in [6.07, 6.45) is 4.06. The molecule has 6 nitrogen and oxygen atoms in total. The zero-order valence-electron chi connectivity index (χ0n) is 17.4. The summed E-state index contributed by atoms with van der Waals surface area (Å²) in [5, 5.41) is 6.94. The zero-order valence-corrected chi connectivity index (χ0v) is 17.4. The van der Waals surface area contributed by atoms with Gasteiger partial charge in [-0.2, -0.15) is 0 Å². The van der Waals surface area contributed by atoms with E-state index in [1.54, 1.807) is 0 Å². The number of piperidine rings is 1. The number of rotatable bonds is 8. The summed E-state index contributed by atoms with van der Waals surface area (Å²) in [7, 11) is 0. The number of ether oxygens (including phenoxy) is 1. The lowest BCUT2D eigenvalue weighted by atomic mass is 10.1. The van der Waals surface area contributed by atoms with Gasteiger partial charge in [-0.15, -0.1) is 0 Å². The van der Waals surface area contributed by atoms with Crippen LogP contribution in [-0.2, 0) is 4.74 Å². The van der Waals surface area contributed by atoms with Crippen molar-refractivity contribution in [3.8, 4) is 0 Å². The van der Waals surface area contributed by atoms with Crippen molar-refractivity contribution in [3.63, 3.8) is 0 Å². The summed E-state index contributed by atoms with van der Waals surface area (Å²) in [6, 6.07) is 11.0. The van der Waals surface area contributed by atoms with Crippen LogP contribution in [0.25, 0.3) is 0 Å². The van der Waals surface area contributed by atoms with Gasteiger partial charge in [-0.05, 0) is 38.4 Å². The number of hydrogen-bond acceptors (Lipinski definition) is 4. The van der Waals surface area contributed by atoms with E-state index in [4.69, 9.17) is 9.73 Å². The molecule has 156 valence electrons. The largest absolute Gasteiger partial charge is 0.379 e. The predicted molar refractivity (Wildman–Crippen MR) is 116 cm³/mol. The molecule has 2 aliphatic heterocycles. The minimum absolute atomic E-state index is 0.294. The minimum atomic E-state index is 0.294. The molecule has 1 atom stereocenters. The van der Waals surface area contributed by atoms with Crippen LogP contribution in [-0.4, -0.2) is 81.3 Å².